The monoisotopic (exact) mass is 741 g/mol. The molecule has 0 amide bonds. The first-order valence-corrected chi connectivity index (χ1v) is 19.8. The lowest BCUT2D eigenvalue weighted by Gasteiger charge is -2.33. The average Bonchev–Trinajstić information content (AvgIpc) is 3.17. The molecule has 5 aromatic rings. The molecule has 7 rings (SSSR count). The van der Waals surface area contributed by atoms with Gasteiger partial charge in [0.25, 0.3) is 0 Å². The Bertz CT molecular complexity index is 2400. The summed E-state index contributed by atoms with van der Waals surface area (Å²) in [6.45, 7) is 18.3. The van der Waals surface area contributed by atoms with E-state index >= 15 is 0 Å². The molecule has 5 heteroatoms. The van der Waals surface area contributed by atoms with Crippen LogP contribution in [-0.2, 0) is 14.0 Å². The van der Waals surface area contributed by atoms with Crippen molar-refractivity contribution in [3.8, 4) is 5.75 Å². The Morgan fingerprint density at radius 1 is 0.732 bits per heavy atom. The highest BCUT2D eigenvalue weighted by atomic mass is 16.5. The summed E-state index contributed by atoms with van der Waals surface area (Å²) in [5, 5.41) is 9.75. The van der Waals surface area contributed by atoms with Crippen LogP contribution < -0.4 is 10.6 Å². The average molecular weight is 742 g/mol. The van der Waals surface area contributed by atoms with Crippen LogP contribution in [0.4, 0.5) is 17.1 Å². The van der Waals surface area contributed by atoms with E-state index in [0.29, 0.717) is 5.57 Å². The van der Waals surface area contributed by atoms with Crippen LogP contribution >= 0.6 is 0 Å². The second kappa shape index (κ2) is 16.4. The van der Waals surface area contributed by atoms with Gasteiger partial charge in [0.2, 0.25) is 0 Å². The van der Waals surface area contributed by atoms with Crippen LogP contribution in [-0.4, -0.2) is 23.9 Å². The standard InChI is InChI=1S/C51H53N2O3/c1-31(2)51(54)56-47-16-12-11-15-46(47)53-45-26-25-44(42-13-9-10-14-43(42)45)48(38-17-21-40(22-18-38)52-49-34(5)27-32(3)28-35(49)6)39-19-23-41(24-20-39)55-50-36(7)29-33(4)30-37(50)8/h9-10,13-14,17-30,46-47,52-53H,1,11-12,15-16H2,2-8H3/q+1. The second-order valence-electron chi connectivity index (χ2n) is 15.7. The molecule has 0 bridgehead atoms. The molecule has 1 saturated carbocycles. The molecule has 0 saturated heterocycles. The number of anilines is 3. The van der Waals surface area contributed by atoms with E-state index in [1.54, 1.807) is 6.92 Å². The Balaban J connectivity index is 1.30. The molecular formula is C51H53N2O3+. The van der Waals surface area contributed by atoms with Crippen molar-refractivity contribution in [3.05, 3.63) is 171 Å². The van der Waals surface area contributed by atoms with E-state index < -0.39 is 0 Å². The normalized spacial score (nSPS) is 16.5. The van der Waals surface area contributed by atoms with Gasteiger partial charge in [-0.25, -0.2) is 9.22 Å². The zero-order valence-electron chi connectivity index (χ0n) is 33.8. The topological polar surface area (TPSA) is 61.7 Å². The fourth-order valence-corrected chi connectivity index (χ4v) is 8.34. The molecule has 0 spiro atoms. The number of allylic oxidation sites excluding steroid dienone is 5. The molecule has 5 aromatic carbocycles. The number of rotatable bonds is 9. The van der Waals surface area contributed by atoms with Crippen molar-refractivity contribution in [2.45, 2.75) is 86.3 Å². The van der Waals surface area contributed by atoms with Crippen molar-refractivity contribution >= 4 is 45.2 Å². The van der Waals surface area contributed by atoms with Gasteiger partial charge in [-0.1, -0.05) is 73.2 Å². The number of carbonyl (C=O) groups excluding carboxylic acids is 2. The zero-order chi connectivity index (χ0) is 39.5. The van der Waals surface area contributed by atoms with Crippen LogP contribution in [0.5, 0.6) is 5.75 Å². The Morgan fingerprint density at radius 3 is 1.98 bits per heavy atom. The Kier molecular flexibility index (Phi) is 11.2. The minimum Gasteiger partial charge on any atom is -0.457 e. The Labute approximate surface area is 332 Å². The maximum absolute atomic E-state index is 12.6. The summed E-state index contributed by atoms with van der Waals surface area (Å²) >= 11 is 0. The molecule has 2 aliphatic rings. The van der Waals surface area contributed by atoms with E-state index in [0.717, 1.165) is 98.5 Å². The van der Waals surface area contributed by atoms with Crippen LogP contribution in [0.3, 0.4) is 0 Å². The molecule has 2 unspecified atom stereocenters. The number of carbonyl (C=O) groups is 1. The van der Waals surface area contributed by atoms with Crippen LogP contribution in [0.1, 0.15) is 77.1 Å². The molecule has 0 radical (unpaired) electrons. The highest BCUT2D eigenvalue weighted by molar-refractivity contribution is 6.07. The van der Waals surface area contributed by atoms with Crippen molar-refractivity contribution in [3.63, 3.8) is 0 Å². The summed E-state index contributed by atoms with van der Waals surface area (Å²) in [6, 6.07) is 30.5. The summed E-state index contributed by atoms with van der Waals surface area (Å²) in [5.74, 6) is 1.37. The van der Waals surface area contributed by atoms with Gasteiger partial charge in [-0.15, -0.1) is 0 Å². The van der Waals surface area contributed by atoms with E-state index in [1.165, 1.54) is 22.3 Å². The van der Waals surface area contributed by atoms with Gasteiger partial charge in [0.1, 0.15) is 6.10 Å². The van der Waals surface area contributed by atoms with Crippen molar-refractivity contribution in [2.75, 3.05) is 10.6 Å². The molecule has 5 nitrogen and oxygen atoms in total. The molecule has 284 valence electrons. The first kappa shape index (κ1) is 38.3. The summed E-state index contributed by atoms with van der Waals surface area (Å²) in [4.78, 5) is 12.6. The predicted molar refractivity (Wildman–Crippen MR) is 234 cm³/mol. The first-order valence-electron chi connectivity index (χ1n) is 19.8. The predicted octanol–water partition coefficient (Wildman–Crippen LogP) is 12.7. The molecule has 0 aliphatic heterocycles. The van der Waals surface area contributed by atoms with E-state index in [-0.39, 0.29) is 18.1 Å². The number of benzene rings is 5. The van der Waals surface area contributed by atoms with E-state index in [1.807, 2.05) is 0 Å². The summed E-state index contributed by atoms with van der Waals surface area (Å²) < 4.78 is 12.4. The first-order chi connectivity index (χ1) is 26.9. The highest BCUT2D eigenvalue weighted by Gasteiger charge is 2.29. The van der Waals surface area contributed by atoms with E-state index in [9.17, 15) is 4.79 Å². The third-order valence-electron chi connectivity index (χ3n) is 10.9. The van der Waals surface area contributed by atoms with Crippen molar-refractivity contribution in [1.29, 1.82) is 0 Å². The third kappa shape index (κ3) is 8.33. The lowest BCUT2D eigenvalue weighted by Crippen LogP contribution is -2.39. The van der Waals surface area contributed by atoms with Crippen molar-refractivity contribution in [1.82, 2.24) is 0 Å². The molecule has 56 heavy (non-hydrogen) atoms. The van der Waals surface area contributed by atoms with Gasteiger partial charge >= 0.3 is 17.5 Å². The molecule has 0 aromatic heterocycles. The van der Waals surface area contributed by atoms with Crippen molar-refractivity contribution < 1.29 is 14.0 Å². The summed E-state index contributed by atoms with van der Waals surface area (Å²) in [7, 11) is 0. The molecule has 0 heterocycles. The van der Waals surface area contributed by atoms with Crippen molar-refractivity contribution in [2.24, 2.45) is 0 Å². The molecule has 2 atom stereocenters. The van der Waals surface area contributed by atoms with E-state index in [2.05, 4.69) is 168 Å². The summed E-state index contributed by atoms with van der Waals surface area (Å²) in [5.41, 5.74) is 15.3. The molecule has 2 N–H and O–H groups in total. The summed E-state index contributed by atoms with van der Waals surface area (Å²) in [6.07, 6.45) is 12.2. The van der Waals surface area contributed by atoms with Crippen LogP contribution in [0.2, 0.25) is 0 Å². The van der Waals surface area contributed by atoms with Crippen LogP contribution in [0, 0.1) is 41.5 Å². The number of hydrogen-bond acceptors (Lipinski definition) is 4. The fraction of sp³-hybridized carbons (Fsp3) is 0.255. The number of nitrogens with one attached hydrogen (secondary N) is 2. The number of aryl methyl sites for hydroxylation is 6. The quantitative estimate of drug-likeness (QED) is 0.0897. The number of ether oxygens (including phenoxy) is 1. The van der Waals surface area contributed by atoms with Gasteiger partial charge in [0, 0.05) is 40.2 Å². The SMILES string of the molecule is C=C(C)C(=O)OC1CCCCC1Nc1ccc(C(=C2C=CC(=[O+]c3c(C)cc(C)cc3C)C=C2)c2ccc(Nc3c(C)cc(C)cc3C)cc2)c2ccccc12. The smallest absolute Gasteiger partial charge is 0.359 e. The van der Waals surface area contributed by atoms with Crippen LogP contribution in [0.25, 0.3) is 16.3 Å². The maximum atomic E-state index is 12.6. The fourth-order valence-electron chi connectivity index (χ4n) is 8.34. The zero-order valence-corrected chi connectivity index (χ0v) is 33.8. The van der Waals surface area contributed by atoms with Crippen LogP contribution in [0.15, 0.2) is 127 Å². The number of hydrogen-bond donors (Lipinski definition) is 2. The minimum absolute atomic E-state index is 0.0129. The molecular weight excluding hydrogens is 689 g/mol. The third-order valence-corrected chi connectivity index (χ3v) is 10.9. The van der Waals surface area contributed by atoms with Gasteiger partial charge < -0.3 is 15.4 Å². The molecule has 1 fully saturated rings. The van der Waals surface area contributed by atoms with Gasteiger partial charge in [0.05, 0.1) is 17.2 Å². The highest BCUT2D eigenvalue weighted by Crippen LogP contribution is 2.39. The lowest BCUT2D eigenvalue weighted by molar-refractivity contribution is -0.365. The minimum atomic E-state index is -0.325. The van der Waals surface area contributed by atoms with E-state index in [4.69, 9.17) is 9.16 Å². The van der Waals surface area contributed by atoms with Gasteiger partial charge in [-0.2, -0.15) is 0 Å². The molecule has 2 aliphatic carbocycles. The van der Waals surface area contributed by atoms with Gasteiger partial charge in [0.15, 0.2) is 0 Å². The Hall–Kier alpha value is -5.94. The second-order valence-corrected chi connectivity index (χ2v) is 15.7. The Morgan fingerprint density at radius 2 is 1.34 bits per heavy atom. The largest absolute Gasteiger partial charge is 0.457 e. The number of esters is 1. The number of ketones is 1. The lowest BCUT2D eigenvalue weighted by atomic mass is 9.87. The van der Waals surface area contributed by atoms with Gasteiger partial charge in [-0.3, -0.25) is 0 Å². The maximum Gasteiger partial charge on any atom is 0.359 e. The number of fused-ring (bicyclic) bond motifs is 1. The van der Waals surface area contributed by atoms with Gasteiger partial charge in [-0.05, 0) is 155 Å².